The lowest BCUT2D eigenvalue weighted by atomic mass is 9.97. The Bertz CT molecular complexity index is 822. The number of esters is 1. The van der Waals surface area contributed by atoms with E-state index in [1.54, 1.807) is 0 Å². The molecule has 1 atom stereocenters. The molecule has 1 amide bonds. The van der Waals surface area contributed by atoms with E-state index < -0.39 is 29.3 Å². The molecule has 8 nitrogen and oxygen atoms in total. The first-order valence-corrected chi connectivity index (χ1v) is 8.30. The number of rotatable bonds is 8. The lowest BCUT2D eigenvalue weighted by Gasteiger charge is -2.14. The largest absolute Gasteiger partial charge is 0.496 e. The van der Waals surface area contributed by atoms with Gasteiger partial charge in [-0.25, -0.2) is 0 Å². The van der Waals surface area contributed by atoms with Crippen molar-refractivity contribution in [2.45, 2.75) is 19.3 Å². The van der Waals surface area contributed by atoms with Crippen LogP contribution in [0.25, 0.3) is 0 Å². The van der Waals surface area contributed by atoms with E-state index in [4.69, 9.17) is 9.47 Å². The summed E-state index contributed by atoms with van der Waals surface area (Å²) in [7, 11) is 1.38. The Hall–Kier alpha value is -3.42. The predicted molar refractivity (Wildman–Crippen MR) is 98.7 cm³/mol. The van der Waals surface area contributed by atoms with Gasteiger partial charge in [-0.2, -0.15) is 0 Å². The number of nitro groups is 1. The highest BCUT2D eigenvalue weighted by Gasteiger charge is 2.22. The number of nitrogens with one attached hydrogen (secondary N) is 1. The van der Waals surface area contributed by atoms with Crippen molar-refractivity contribution in [2.24, 2.45) is 0 Å². The lowest BCUT2D eigenvalue weighted by molar-refractivity contribution is -0.384. The van der Waals surface area contributed by atoms with Crippen LogP contribution in [-0.4, -0.2) is 30.5 Å². The molecule has 0 aliphatic heterocycles. The SMILES string of the molecule is CC[C@H](C(=O)OCC(=O)Nc1ccc(OC)cc1[N+](=O)[O-])c1ccccc1. The molecular formula is C19H20N2O6. The van der Waals surface area contributed by atoms with Crippen LogP contribution in [0.1, 0.15) is 24.8 Å². The summed E-state index contributed by atoms with van der Waals surface area (Å²) < 4.78 is 10.0. The quantitative estimate of drug-likeness (QED) is 0.433. The monoisotopic (exact) mass is 372 g/mol. The van der Waals surface area contributed by atoms with Crippen LogP contribution in [0.5, 0.6) is 5.75 Å². The number of amides is 1. The molecule has 1 N–H and O–H groups in total. The average Bonchev–Trinajstić information content (AvgIpc) is 2.68. The van der Waals surface area contributed by atoms with E-state index in [0.29, 0.717) is 12.2 Å². The first-order chi connectivity index (χ1) is 13.0. The fraction of sp³-hybridized carbons (Fsp3) is 0.263. The minimum atomic E-state index is -0.667. The van der Waals surface area contributed by atoms with Crippen LogP contribution in [0.4, 0.5) is 11.4 Å². The zero-order chi connectivity index (χ0) is 19.8. The second-order valence-electron chi connectivity index (χ2n) is 5.67. The highest BCUT2D eigenvalue weighted by molar-refractivity contribution is 5.95. The van der Waals surface area contributed by atoms with Crippen molar-refractivity contribution in [3.8, 4) is 5.75 Å². The van der Waals surface area contributed by atoms with Gasteiger partial charge < -0.3 is 14.8 Å². The van der Waals surface area contributed by atoms with Gasteiger partial charge in [-0.3, -0.25) is 19.7 Å². The van der Waals surface area contributed by atoms with Crippen molar-refractivity contribution < 1.29 is 24.0 Å². The summed E-state index contributed by atoms with van der Waals surface area (Å²) in [6, 6.07) is 13.2. The van der Waals surface area contributed by atoms with Crippen molar-refractivity contribution >= 4 is 23.3 Å². The highest BCUT2D eigenvalue weighted by atomic mass is 16.6. The second kappa shape index (κ2) is 9.33. The number of ether oxygens (including phenoxy) is 2. The molecule has 27 heavy (non-hydrogen) atoms. The van der Waals surface area contributed by atoms with Gasteiger partial charge in [-0.1, -0.05) is 37.3 Å². The van der Waals surface area contributed by atoms with Crippen LogP contribution in [0, 0.1) is 10.1 Å². The van der Waals surface area contributed by atoms with Crippen LogP contribution < -0.4 is 10.1 Å². The molecule has 2 aromatic carbocycles. The summed E-state index contributed by atoms with van der Waals surface area (Å²) in [6.45, 7) is 1.31. The Morgan fingerprint density at radius 2 is 1.89 bits per heavy atom. The Morgan fingerprint density at radius 1 is 1.19 bits per heavy atom. The van der Waals surface area contributed by atoms with Crippen LogP contribution in [0.2, 0.25) is 0 Å². The van der Waals surface area contributed by atoms with Gasteiger partial charge in [0.25, 0.3) is 11.6 Å². The van der Waals surface area contributed by atoms with Gasteiger partial charge in [-0.05, 0) is 24.1 Å². The van der Waals surface area contributed by atoms with E-state index in [9.17, 15) is 19.7 Å². The standard InChI is InChI=1S/C19H20N2O6/c1-3-15(13-7-5-4-6-8-13)19(23)27-12-18(22)20-16-10-9-14(26-2)11-17(16)21(24)25/h4-11,15H,3,12H2,1-2H3,(H,20,22)/t15-/m0/s1. The lowest BCUT2D eigenvalue weighted by Crippen LogP contribution is -2.24. The summed E-state index contributed by atoms with van der Waals surface area (Å²) in [5, 5.41) is 13.5. The molecule has 0 radical (unpaired) electrons. The molecule has 2 rings (SSSR count). The van der Waals surface area contributed by atoms with Crippen LogP contribution in [0.15, 0.2) is 48.5 Å². The number of anilines is 1. The third-order valence-electron chi connectivity index (χ3n) is 3.92. The molecule has 2 aromatic rings. The number of carbonyl (C=O) groups excluding carboxylic acids is 2. The minimum Gasteiger partial charge on any atom is -0.496 e. The molecule has 0 saturated carbocycles. The number of benzene rings is 2. The molecular weight excluding hydrogens is 352 g/mol. The summed E-state index contributed by atoms with van der Waals surface area (Å²) in [6.07, 6.45) is 0.522. The Labute approximate surface area is 156 Å². The zero-order valence-corrected chi connectivity index (χ0v) is 15.0. The predicted octanol–water partition coefficient (Wildman–Crippen LogP) is 3.28. The van der Waals surface area contributed by atoms with E-state index in [2.05, 4.69) is 5.32 Å². The molecule has 0 unspecified atom stereocenters. The first-order valence-electron chi connectivity index (χ1n) is 8.30. The summed E-state index contributed by atoms with van der Waals surface area (Å²) in [5.74, 6) is -1.38. The molecule has 0 aliphatic rings. The van der Waals surface area contributed by atoms with Gasteiger partial charge in [0, 0.05) is 0 Å². The molecule has 0 fully saturated rings. The van der Waals surface area contributed by atoms with Gasteiger partial charge in [0.2, 0.25) is 0 Å². The normalized spacial score (nSPS) is 11.3. The van der Waals surface area contributed by atoms with Crippen molar-refractivity contribution in [1.29, 1.82) is 0 Å². The van der Waals surface area contributed by atoms with Crippen molar-refractivity contribution in [1.82, 2.24) is 0 Å². The number of hydrogen-bond donors (Lipinski definition) is 1. The van der Waals surface area contributed by atoms with Gasteiger partial charge in [-0.15, -0.1) is 0 Å². The summed E-state index contributed by atoms with van der Waals surface area (Å²) in [5.41, 5.74) is 0.484. The molecule has 0 aliphatic carbocycles. The van der Waals surface area contributed by atoms with Crippen LogP contribution in [0.3, 0.4) is 0 Å². The average molecular weight is 372 g/mol. The van der Waals surface area contributed by atoms with E-state index in [1.807, 2.05) is 37.3 Å². The molecule has 0 saturated heterocycles. The number of methoxy groups -OCH3 is 1. The number of hydrogen-bond acceptors (Lipinski definition) is 6. The maximum atomic E-state index is 12.3. The number of nitro benzene ring substituents is 1. The fourth-order valence-electron chi connectivity index (χ4n) is 2.54. The zero-order valence-electron chi connectivity index (χ0n) is 15.0. The summed E-state index contributed by atoms with van der Waals surface area (Å²) in [4.78, 5) is 34.8. The molecule has 8 heteroatoms. The number of nitrogens with zero attached hydrogens (tertiary/aromatic N) is 1. The summed E-state index contributed by atoms with van der Waals surface area (Å²) >= 11 is 0. The van der Waals surface area contributed by atoms with E-state index in [0.717, 1.165) is 5.56 Å². The van der Waals surface area contributed by atoms with Crippen LogP contribution >= 0.6 is 0 Å². The molecule has 0 heterocycles. The molecule has 0 spiro atoms. The Kier molecular flexibility index (Phi) is 6.87. The molecule has 0 bridgehead atoms. The fourth-order valence-corrected chi connectivity index (χ4v) is 2.54. The van der Waals surface area contributed by atoms with Gasteiger partial charge in [0.1, 0.15) is 11.4 Å². The van der Waals surface area contributed by atoms with Gasteiger partial charge in [0.15, 0.2) is 6.61 Å². The van der Waals surface area contributed by atoms with Gasteiger partial charge >= 0.3 is 5.97 Å². The Balaban J connectivity index is 2.00. The van der Waals surface area contributed by atoms with E-state index in [1.165, 1.54) is 25.3 Å². The van der Waals surface area contributed by atoms with Crippen molar-refractivity contribution in [3.05, 3.63) is 64.2 Å². The third kappa shape index (κ3) is 5.27. The molecule has 0 aromatic heterocycles. The smallest absolute Gasteiger partial charge is 0.313 e. The van der Waals surface area contributed by atoms with Gasteiger partial charge in [0.05, 0.1) is 24.0 Å². The highest BCUT2D eigenvalue weighted by Crippen LogP contribution is 2.29. The minimum absolute atomic E-state index is 0.00282. The topological polar surface area (TPSA) is 108 Å². The van der Waals surface area contributed by atoms with Crippen LogP contribution in [-0.2, 0) is 14.3 Å². The second-order valence-corrected chi connectivity index (χ2v) is 5.67. The number of carbonyl (C=O) groups is 2. The third-order valence-corrected chi connectivity index (χ3v) is 3.92. The van der Waals surface area contributed by atoms with Crippen molar-refractivity contribution in [2.75, 3.05) is 19.0 Å². The maximum absolute atomic E-state index is 12.3. The Morgan fingerprint density at radius 3 is 2.48 bits per heavy atom. The maximum Gasteiger partial charge on any atom is 0.313 e. The molecule has 142 valence electrons. The van der Waals surface area contributed by atoms with E-state index in [-0.39, 0.29) is 11.4 Å². The van der Waals surface area contributed by atoms with E-state index >= 15 is 0 Å². The van der Waals surface area contributed by atoms with Crippen molar-refractivity contribution in [3.63, 3.8) is 0 Å². The first kappa shape index (κ1) is 19.9.